The van der Waals surface area contributed by atoms with Gasteiger partial charge in [-0.05, 0) is 55.7 Å². The molecule has 134 valence electrons. The van der Waals surface area contributed by atoms with Gasteiger partial charge in [0.1, 0.15) is 5.75 Å². The van der Waals surface area contributed by atoms with E-state index in [2.05, 4.69) is 4.90 Å². The molecule has 2 amide bonds. The molecule has 2 aliphatic heterocycles. The first-order valence-electron chi connectivity index (χ1n) is 9.50. The number of likely N-dealkylation sites (tertiary alicyclic amines) is 2. The van der Waals surface area contributed by atoms with Crippen LogP contribution >= 0.6 is 0 Å². The Bertz CT molecular complexity index is 698. The van der Waals surface area contributed by atoms with Gasteiger partial charge in [0.05, 0.1) is 5.56 Å². The third kappa shape index (κ3) is 3.00. The molecule has 0 radical (unpaired) electrons. The lowest BCUT2D eigenvalue weighted by atomic mass is 9.83. The van der Waals surface area contributed by atoms with Crippen LogP contribution < -0.4 is 0 Å². The minimum atomic E-state index is -0.0894. The van der Waals surface area contributed by atoms with Crippen LogP contribution in [0.2, 0.25) is 0 Å². The minimum absolute atomic E-state index is 0.0740. The highest BCUT2D eigenvalue weighted by Gasteiger charge is 2.45. The van der Waals surface area contributed by atoms with Crippen molar-refractivity contribution in [3.8, 4) is 5.75 Å². The Morgan fingerprint density at radius 3 is 2.72 bits per heavy atom. The van der Waals surface area contributed by atoms with Gasteiger partial charge in [-0.2, -0.15) is 0 Å². The molecule has 0 aromatic heterocycles. The fourth-order valence-corrected chi connectivity index (χ4v) is 4.45. The number of fused-ring (bicyclic) bond motifs is 1. The lowest BCUT2D eigenvalue weighted by Crippen LogP contribution is -2.57. The Kier molecular flexibility index (Phi) is 4.18. The van der Waals surface area contributed by atoms with E-state index in [0.29, 0.717) is 49.0 Å². The van der Waals surface area contributed by atoms with Crippen molar-refractivity contribution in [3.63, 3.8) is 0 Å². The fourth-order valence-electron chi connectivity index (χ4n) is 4.45. The van der Waals surface area contributed by atoms with Crippen LogP contribution in [0.25, 0.3) is 0 Å². The van der Waals surface area contributed by atoms with Gasteiger partial charge < -0.3 is 14.9 Å². The summed E-state index contributed by atoms with van der Waals surface area (Å²) in [6.07, 6.45) is 5.44. The lowest BCUT2D eigenvalue weighted by molar-refractivity contribution is -0.141. The van der Waals surface area contributed by atoms with E-state index in [1.54, 1.807) is 12.1 Å². The summed E-state index contributed by atoms with van der Waals surface area (Å²) in [5, 5.41) is 10.2. The fraction of sp³-hybridized carbons (Fsp3) is 0.600. The van der Waals surface area contributed by atoms with E-state index in [4.69, 9.17) is 0 Å². The Balaban J connectivity index is 1.48. The largest absolute Gasteiger partial charge is 0.507 e. The summed E-state index contributed by atoms with van der Waals surface area (Å²) < 4.78 is 0. The molecule has 5 nitrogen and oxygen atoms in total. The number of rotatable bonds is 3. The van der Waals surface area contributed by atoms with Gasteiger partial charge in [0.15, 0.2) is 0 Å². The summed E-state index contributed by atoms with van der Waals surface area (Å²) in [6, 6.07) is 6.09. The van der Waals surface area contributed by atoms with Crippen LogP contribution in [0.15, 0.2) is 18.2 Å². The van der Waals surface area contributed by atoms with Gasteiger partial charge in [-0.1, -0.05) is 13.0 Å². The summed E-state index contributed by atoms with van der Waals surface area (Å²) in [7, 11) is 0. The number of aromatic hydroxyl groups is 1. The Morgan fingerprint density at radius 2 is 2.04 bits per heavy atom. The van der Waals surface area contributed by atoms with E-state index in [1.807, 2.05) is 17.9 Å². The van der Waals surface area contributed by atoms with Crippen molar-refractivity contribution in [2.45, 2.75) is 57.5 Å². The second kappa shape index (κ2) is 6.36. The highest BCUT2D eigenvalue weighted by Crippen LogP contribution is 2.39. The molecular weight excluding hydrogens is 316 g/mol. The first-order valence-corrected chi connectivity index (χ1v) is 9.50. The maximum absolute atomic E-state index is 12.9. The predicted octanol–water partition coefficient (Wildman–Crippen LogP) is 2.57. The lowest BCUT2D eigenvalue weighted by Gasteiger charge is -2.47. The number of nitrogens with zero attached hydrogens (tertiary/aromatic N) is 2. The van der Waals surface area contributed by atoms with Gasteiger partial charge in [-0.25, -0.2) is 0 Å². The first-order chi connectivity index (χ1) is 12.1. The number of hydrogen-bond acceptors (Lipinski definition) is 3. The van der Waals surface area contributed by atoms with E-state index in [9.17, 15) is 14.7 Å². The van der Waals surface area contributed by atoms with E-state index in [0.717, 1.165) is 37.7 Å². The standard InChI is InChI=1S/C20H26N2O3/c1-2-13-3-7-16(18(23)11-13)20(25)21-10-9-17-14(12-21)4-8-19(24)22(17)15-5-6-15/h3,7,11,14-15,17,23H,2,4-6,8-10,12H2,1H3/t14-,17-/m0/s1. The molecule has 2 heterocycles. The molecule has 5 heteroatoms. The van der Waals surface area contributed by atoms with E-state index >= 15 is 0 Å². The molecule has 4 rings (SSSR count). The van der Waals surface area contributed by atoms with Crippen LogP contribution in [0.3, 0.4) is 0 Å². The highest BCUT2D eigenvalue weighted by atomic mass is 16.3. The quantitative estimate of drug-likeness (QED) is 0.918. The normalized spacial score (nSPS) is 26.5. The number of phenols is 1. The Morgan fingerprint density at radius 1 is 1.24 bits per heavy atom. The minimum Gasteiger partial charge on any atom is -0.507 e. The van der Waals surface area contributed by atoms with Crippen molar-refractivity contribution < 1.29 is 14.7 Å². The molecule has 0 bridgehead atoms. The molecule has 2 saturated heterocycles. The van der Waals surface area contributed by atoms with Crippen molar-refractivity contribution >= 4 is 11.8 Å². The topological polar surface area (TPSA) is 60.9 Å². The summed E-state index contributed by atoms with van der Waals surface area (Å²) >= 11 is 0. The van der Waals surface area contributed by atoms with Crippen LogP contribution in [0.4, 0.5) is 0 Å². The smallest absolute Gasteiger partial charge is 0.257 e. The number of carbonyl (C=O) groups is 2. The molecule has 1 aromatic rings. The summed E-state index contributed by atoms with van der Waals surface area (Å²) in [4.78, 5) is 29.1. The molecule has 2 atom stereocenters. The van der Waals surface area contributed by atoms with Crippen LogP contribution in [0.1, 0.15) is 54.9 Å². The third-order valence-corrected chi connectivity index (χ3v) is 6.00. The molecule has 1 saturated carbocycles. The van der Waals surface area contributed by atoms with Crippen LogP contribution in [0.5, 0.6) is 5.75 Å². The number of piperidine rings is 2. The van der Waals surface area contributed by atoms with Crippen molar-refractivity contribution in [2.75, 3.05) is 13.1 Å². The molecular formula is C20H26N2O3. The van der Waals surface area contributed by atoms with Gasteiger partial charge in [0.2, 0.25) is 5.91 Å². The number of benzene rings is 1. The van der Waals surface area contributed by atoms with Crippen LogP contribution in [0, 0.1) is 5.92 Å². The van der Waals surface area contributed by atoms with Gasteiger partial charge in [-0.3, -0.25) is 9.59 Å². The van der Waals surface area contributed by atoms with Gasteiger partial charge in [-0.15, -0.1) is 0 Å². The number of hydrogen-bond donors (Lipinski definition) is 1. The van der Waals surface area contributed by atoms with Crippen LogP contribution in [-0.4, -0.2) is 51.9 Å². The molecule has 1 aromatic carbocycles. The first kappa shape index (κ1) is 16.4. The zero-order chi connectivity index (χ0) is 17.6. The SMILES string of the molecule is CCc1ccc(C(=O)N2CC[C@H]3[C@@H](CCC(=O)N3C3CC3)C2)c(O)c1. The maximum Gasteiger partial charge on any atom is 0.257 e. The van der Waals surface area contributed by atoms with Crippen molar-refractivity contribution in [1.29, 1.82) is 0 Å². The Hall–Kier alpha value is -2.04. The second-order valence-electron chi connectivity index (χ2n) is 7.64. The van der Waals surface area contributed by atoms with E-state index in [-0.39, 0.29) is 11.7 Å². The maximum atomic E-state index is 12.9. The number of carbonyl (C=O) groups excluding carboxylic acids is 2. The zero-order valence-electron chi connectivity index (χ0n) is 14.8. The molecule has 3 aliphatic rings. The second-order valence-corrected chi connectivity index (χ2v) is 7.64. The zero-order valence-corrected chi connectivity index (χ0v) is 14.8. The monoisotopic (exact) mass is 342 g/mol. The van der Waals surface area contributed by atoms with Gasteiger partial charge >= 0.3 is 0 Å². The Labute approximate surface area is 148 Å². The number of amides is 2. The summed E-state index contributed by atoms with van der Waals surface area (Å²) in [6.45, 7) is 3.37. The van der Waals surface area contributed by atoms with Crippen molar-refractivity contribution in [1.82, 2.24) is 9.80 Å². The summed E-state index contributed by atoms with van der Waals surface area (Å²) in [5.74, 6) is 0.655. The van der Waals surface area contributed by atoms with Gasteiger partial charge in [0, 0.05) is 31.6 Å². The van der Waals surface area contributed by atoms with E-state index in [1.165, 1.54) is 0 Å². The summed E-state index contributed by atoms with van der Waals surface area (Å²) in [5.41, 5.74) is 1.42. The molecule has 25 heavy (non-hydrogen) atoms. The molecule has 0 spiro atoms. The predicted molar refractivity (Wildman–Crippen MR) is 94.4 cm³/mol. The van der Waals surface area contributed by atoms with Crippen molar-refractivity contribution in [3.05, 3.63) is 29.3 Å². The van der Waals surface area contributed by atoms with Crippen molar-refractivity contribution in [2.24, 2.45) is 5.92 Å². The van der Waals surface area contributed by atoms with Gasteiger partial charge in [0.25, 0.3) is 5.91 Å². The molecule has 1 aliphatic carbocycles. The highest BCUT2D eigenvalue weighted by molar-refractivity contribution is 5.97. The molecule has 1 N–H and O–H groups in total. The average molecular weight is 342 g/mol. The number of aryl methyl sites for hydroxylation is 1. The molecule has 3 fully saturated rings. The number of phenolic OH excluding ortho intramolecular Hbond substituents is 1. The third-order valence-electron chi connectivity index (χ3n) is 6.00. The average Bonchev–Trinajstić information content (AvgIpc) is 3.45. The van der Waals surface area contributed by atoms with Crippen LogP contribution in [-0.2, 0) is 11.2 Å². The van der Waals surface area contributed by atoms with E-state index < -0.39 is 0 Å². The molecule has 0 unspecified atom stereocenters.